The molecule has 0 amide bonds. The van der Waals surface area contributed by atoms with Crippen molar-refractivity contribution in [2.75, 3.05) is 0 Å². The molecule has 134 valence electrons. The van der Waals surface area contributed by atoms with Gasteiger partial charge >= 0.3 is 6.18 Å². The van der Waals surface area contributed by atoms with Crippen molar-refractivity contribution >= 4 is 28.6 Å². The van der Waals surface area contributed by atoms with Gasteiger partial charge in [0.2, 0.25) is 0 Å². The Labute approximate surface area is 153 Å². The molecular weight excluding hydrogens is 363 g/mol. The number of benzene rings is 2. The van der Waals surface area contributed by atoms with Crippen molar-refractivity contribution in [2.24, 2.45) is 0 Å². The van der Waals surface area contributed by atoms with Crippen molar-refractivity contribution in [3.05, 3.63) is 83.0 Å². The van der Waals surface area contributed by atoms with E-state index >= 15 is 0 Å². The molecule has 1 heterocycles. The summed E-state index contributed by atoms with van der Waals surface area (Å²) in [6.07, 6.45) is -2.66. The summed E-state index contributed by atoms with van der Waals surface area (Å²) in [5, 5.41) is 11.7. The molecule has 0 spiro atoms. The first-order valence-corrected chi connectivity index (χ1v) is 8.25. The van der Waals surface area contributed by atoms with Crippen LogP contribution in [0.1, 0.15) is 17.7 Å². The molecule has 3 aromatic rings. The quantitative estimate of drug-likeness (QED) is 0.628. The van der Waals surface area contributed by atoms with Gasteiger partial charge in [0.15, 0.2) is 5.60 Å². The fourth-order valence-corrected chi connectivity index (χ4v) is 2.85. The molecular formula is C20H15ClF3NO. The summed E-state index contributed by atoms with van der Waals surface area (Å²) in [5.41, 5.74) is -1.96. The minimum Gasteiger partial charge on any atom is -0.376 e. The van der Waals surface area contributed by atoms with Gasteiger partial charge in [0, 0.05) is 16.8 Å². The fourth-order valence-electron chi connectivity index (χ4n) is 2.67. The summed E-state index contributed by atoms with van der Waals surface area (Å²) in [6.45, 7) is 0. The lowest BCUT2D eigenvalue weighted by atomic mass is 9.89. The molecule has 0 bridgehead atoms. The number of aromatic nitrogens is 1. The van der Waals surface area contributed by atoms with Gasteiger partial charge in [0.1, 0.15) is 0 Å². The van der Waals surface area contributed by atoms with Crippen LogP contribution in [0.4, 0.5) is 13.2 Å². The highest BCUT2D eigenvalue weighted by Gasteiger charge is 2.53. The first kappa shape index (κ1) is 18.4. The van der Waals surface area contributed by atoms with Crippen molar-refractivity contribution in [3.8, 4) is 0 Å². The van der Waals surface area contributed by atoms with Gasteiger partial charge in [-0.3, -0.25) is 0 Å². The highest BCUT2D eigenvalue weighted by Crippen LogP contribution is 2.41. The zero-order valence-corrected chi connectivity index (χ0v) is 14.3. The number of nitrogens with zero attached hydrogens (tertiary/aromatic N) is 1. The minimum atomic E-state index is -4.80. The van der Waals surface area contributed by atoms with E-state index in [1.165, 1.54) is 36.4 Å². The van der Waals surface area contributed by atoms with E-state index in [2.05, 4.69) is 4.98 Å². The number of fused-ring (bicyclic) bond motifs is 1. The Kier molecular flexibility index (Phi) is 5.03. The van der Waals surface area contributed by atoms with Gasteiger partial charge in [-0.15, -0.1) is 0 Å². The lowest BCUT2D eigenvalue weighted by molar-refractivity contribution is -0.265. The van der Waals surface area contributed by atoms with Gasteiger partial charge < -0.3 is 5.11 Å². The van der Waals surface area contributed by atoms with Crippen LogP contribution in [0.15, 0.2) is 66.7 Å². The maximum Gasteiger partial charge on any atom is 0.421 e. The van der Waals surface area contributed by atoms with E-state index in [4.69, 9.17) is 11.6 Å². The predicted molar refractivity (Wildman–Crippen MR) is 96.8 cm³/mol. The van der Waals surface area contributed by atoms with Crippen LogP contribution in [0, 0.1) is 0 Å². The van der Waals surface area contributed by atoms with Gasteiger partial charge in [-0.2, -0.15) is 13.2 Å². The third kappa shape index (κ3) is 3.74. The Morgan fingerprint density at radius 2 is 1.73 bits per heavy atom. The molecule has 0 radical (unpaired) electrons. The Morgan fingerprint density at radius 1 is 1.00 bits per heavy atom. The number of hydrogen-bond acceptors (Lipinski definition) is 2. The van der Waals surface area contributed by atoms with E-state index in [9.17, 15) is 18.3 Å². The number of rotatable bonds is 4. The molecule has 0 aliphatic heterocycles. The number of alkyl halides is 3. The van der Waals surface area contributed by atoms with Crippen molar-refractivity contribution in [1.82, 2.24) is 4.98 Å². The molecule has 2 nitrogen and oxygen atoms in total. The average Bonchev–Trinajstić information content (AvgIpc) is 2.61. The van der Waals surface area contributed by atoms with Gasteiger partial charge in [-0.25, -0.2) is 4.98 Å². The Balaban J connectivity index is 1.86. The fraction of sp³-hybridized carbons (Fsp3) is 0.150. The van der Waals surface area contributed by atoms with E-state index in [0.29, 0.717) is 16.2 Å². The second-order valence-electron chi connectivity index (χ2n) is 5.90. The molecule has 0 saturated carbocycles. The summed E-state index contributed by atoms with van der Waals surface area (Å²) in [5.74, 6) is 0. The highest BCUT2D eigenvalue weighted by atomic mass is 35.5. The molecule has 0 unspecified atom stereocenters. The first-order chi connectivity index (χ1) is 12.3. The standard InChI is InChI=1S/C20H15ClF3NO/c21-16-9-11-18-14(13-16)8-10-17(25-18)7-4-12-19(26,20(22,23)24)15-5-2-1-3-6-15/h1-11,13,26H,12H2/b7-4+/t19-/m1/s1. The van der Waals surface area contributed by atoms with Gasteiger partial charge in [-0.1, -0.05) is 54.1 Å². The third-order valence-electron chi connectivity index (χ3n) is 4.09. The van der Waals surface area contributed by atoms with Crippen LogP contribution in [-0.2, 0) is 5.60 Å². The van der Waals surface area contributed by atoms with E-state index in [-0.39, 0.29) is 5.56 Å². The predicted octanol–water partition coefficient (Wildman–Crippen LogP) is 5.74. The van der Waals surface area contributed by atoms with Crippen LogP contribution in [0.3, 0.4) is 0 Å². The molecule has 26 heavy (non-hydrogen) atoms. The Bertz CT molecular complexity index is 941. The van der Waals surface area contributed by atoms with Crippen LogP contribution in [-0.4, -0.2) is 16.3 Å². The van der Waals surface area contributed by atoms with E-state index in [0.717, 1.165) is 5.39 Å². The van der Waals surface area contributed by atoms with Crippen molar-refractivity contribution in [2.45, 2.75) is 18.2 Å². The maximum atomic E-state index is 13.4. The normalized spacial score (nSPS) is 14.7. The number of hydrogen-bond donors (Lipinski definition) is 1. The zero-order chi connectivity index (χ0) is 18.8. The average molecular weight is 378 g/mol. The first-order valence-electron chi connectivity index (χ1n) is 7.87. The molecule has 3 rings (SSSR count). The number of halogens is 4. The smallest absolute Gasteiger partial charge is 0.376 e. The molecule has 0 aliphatic rings. The summed E-state index contributed by atoms with van der Waals surface area (Å²) in [7, 11) is 0. The van der Waals surface area contributed by atoms with Gasteiger partial charge in [0.25, 0.3) is 0 Å². The molecule has 6 heteroatoms. The molecule has 1 atom stereocenters. The number of pyridine rings is 1. The SMILES string of the molecule is O[C@](C/C=C/c1ccc2cc(Cl)ccc2n1)(c1ccccc1)C(F)(F)F. The van der Waals surface area contributed by atoms with Crippen molar-refractivity contribution in [3.63, 3.8) is 0 Å². The van der Waals surface area contributed by atoms with Crippen LogP contribution in [0.25, 0.3) is 17.0 Å². The molecule has 0 aliphatic carbocycles. The Hall–Kier alpha value is -2.37. The molecule has 2 aromatic carbocycles. The second kappa shape index (κ2) is 7.09. The zero-order valence-electron chi connectivity index (χ0n) is 13.5. The molecule has 1 aromatic heterocycles. The summed E-state index contributed by atoms with van der Waals surface area (Å²) < 4.78 is 40.3. The van der Waals surface area contributed by atoms with E-state index in [1.54, 1.807) is 36.4 Å². The third-order valence-corrected chi connectivity index (χ3v) is 4.33. The van der Waals surface area contributed by atoms with Gasteiger partial charge in [0.05, 0.1) is 11.2 Å². The minimum absolute atomic E-state index is 0.196. The van der Waals surface area contributed by atoms with Crippen LogP contribution in [0.5, 0.6) is 0 Å². The lowest BCUT2D eigenvalue weighted by Crippen LogP contribution is -2.41. The Morgan fingerprint density at radius 3 is 2.42 bits per heavy atom. The lowest BCUT2D eigenvalue weighted by Gasteiger charge is -2.30. The summed E-state index contributed by atoms with van der Waals surface area (Å²) in [4.78, 5) is 4.36. The topological polar surface area (TPSA) is 33.1 Å². The summed E-state index contributed by atoms with van der Waals surface area (Å²) >= 11 is 5.92. The number of aliphatic hydroxyl groups is 1. The van der Waals surface area contributed by atoms with E-state index in [1.807, 2.05) is 0 Å². The summed E-state index contributed by atoms with van der Waals surface area (Å²) in [6, 6.07) is 15.7. The maximum absolute atomic E-state index is 13.4. The van der Waals surface area contributed by atoms with Crippen LogP contribution in [0.2, 0.25) is 5.02 Å². The monoisotopic (exact) mass is 377 g/mol. The molecule has 0 saturated heterocycles. The van der Waals surface area contributed by atoms with Gasteiger partial charge in [-0.05, 0) is 35.9 Å². The molecule has 0 fully saturated rings. The highest BCUT2D eigenvalue weighted by molar-refractivity contribution is 6.31. The van der Waals surface area contributed by atoms with E-state index < -0.39 is 18.2 Å². The second-order valence-corrected chi connectivity index (χ2v) is 6.34. The van der Waals surface area contributed by atoms with Crippen LogP contribution < -0.4 is 0 Å². The molecule has 1 N–H and O–H groups in total. The van der Waals surface area contributed by atoms with Crippen molar-refractivity contribution in [1.29, 1.82) is 0 Å². The van der Waals surface area contributed by atoms with Crippen LogP contribution >= 0.6 is 11.6 Å². The van der Waals surface area contributed by atoms with Crippen molar-refractivity contribution < 1.29 is 18.3 Å². The largest absolute Gasteiger partial charge is 0.421 e.